The van der Waals surface area contributed by atoms with Gasteiger partial charge in [-0.05, 0) is 18.9 Å². The first-order chi connectivity index (χ1) is 9.36. The lowest BCUT2D eigenvalue weighted by molar-refractivity contribution is -0.384. The lowest BCUT2D eigenvalue weighted by Crippen LogP contribution is -2.32. The van der Waals surface area contributed by atoms with E-state index in [-0.39, 0.29) is 11.5 Å². The van der Waals surface area contributed by atoms with Crippen LogP contribution in [-0.2, 0) is 0 Å². The van der Waals surface area contributed by atoms with Crippen LogP contribution in [0.25, 0.3) is 0 Å². The van der Waals surface area contributed by atoms with Crippen molar-refractivity contribution in [2.24, 2.45) is 16.3 Å². The van der Waals surface area contributed by atoms with Crippen LogP contribution in [0, 0.1) is 15.5 Å². The van der Waals surface area contributed by atoms with Gasteiger partial charge < -0.3 is 15.7 Å². The summed E-state index contributed by atoms with van der Waals surface area (Å²) in [5.41, 5.74) is 5.17. The third-order valence-electron chi connectivity index (χ3n) is 3.04. The first-order valence-corrected chi connectivity index (χ1v) is 6.22. The van der Waals surface area contributed by atoms with Crippen LogP contribution in [0.4, 0.5) is 5.69 Å². The van der Waals surface area contributed by atoms with E-state index in [0.717, 1.165) is 0 Å². The van der Waals surface area contributed by atoms with Crippen LogP contribution >= 0.6 is 0 Å². The van der Waals surface area contributed by atoms with E-state index >= 15 is 0 Å². The van der Waals surface area contributed by atoms with Gasteiger partial charge in [0.15, 0.2) is 0 Å². The van der Waals surface area contributed by atoms with E-state index in [1.54, 1.807) is 12.1 Å². The number of non-ortho nitro benzene ring substituents is 1. The topological polar surface area (TPSA) is 111 Å². The summed E-state index contributed by atoms with van der Waals surface area (Å²) in [6.07, 6.45) is 1.36. The molecule has 0 saturated carbocycles. The van der Waals surface area contributed by atoms with Crippen molar-refractivity contribution >= 4 is 11.5 Å². The van der Waals surface area contributed by atoms with Gasteiger partial charge in [-0.2, -0.15) is 0 Å². The molecular weight excluding hydrogens is 262 g/mol. The van der Waals surface area contributed by atoms with Gasteiger partial charge >= 0.3 is 0 Å². The highest BCUT2D eigenvalue weighted by Gasteiger charge is 2.22. The smallest absolute Gasteiger partial charge is 0.273 e. The fourth-order valence-electron chi connectivity index (χ4n) is 1.65. The van der Waals surface area contributed by atoms with Crippen LogP contribution in [-0.4, -0.2) is 22.6 Å². The minimum Gasteiger partial charge on any atom is -0.493 e. The van der Waals surface area contributed by atoms with Gasteiger partial charge in [-0.3, -0.25) is 10.1 Å². The highest BCUT2D eigenvalue weighted by Crippen LogP contribution is 2.23. The maximum atomic E-state index is 10.6. The SMILES string of the molecule is CC(C)(CCCOc1cccc([N+](=O)[O-])c1)C(N)=NO. The maximum Gasteiger partial charge on any atom is 0.273 e. The second-order valence-corrected chi connectivity index (χ2v) is 5.08. The predicted octanol–water partition coefficient (Wildman–Crippen LogP) is 2.53. The first-order valence-electron chi connectivity index (χ1n) is 6.22. The fraction of sp³-hybridized carbons (Fsp3) is 0.462. The highest BCUT2D eigenvalue weighted by atomic mass is 16.6. The summed E-state index contributed by atoms with van der Waals surface area (Å²) < 4.78 is 5.46. The molecule has 0 spiro atoms. The average molecular weight is 281 g/mol. The summed E-state index contributed by atoms with van der Waals surface area (Å²) in [6, 6.07) is 6.04. The molecule has 0 radical (unpaired) electrons. The number of amidine groups is 1. The molecule has 110 valence electrons. The van der Waals surface area contributed by atoms with E-state index in [4.69, 9.17) is 15.7 Å². The molecule has 0 aromatic heterocycles. The van der Waals surface area contributed by atoms with Gasteiger partial charge in [-0.25, -0.2) is 0 Å². The number of rotatable bonds is 7. The molecule has 0 aliphatic carbocycles. The molecule has 3 N–H and O–H groups in total. The zero-order valence-corrected chi connectivity index (χ0v) is 11.6. The zero-order valence-electron chi connectivity index (χ0n) is 11.6. The Labute approximate surface area is 117 Å². The molecular formula is C13H19N3O4. The maximum absolute atomic E-state index is 10.6. The lowest BCUT2D eigenvalue weighted by atomic mass is 9.87. The monoisotopic (exact) mass is 281 g/mol. The van der Waals surface area contributed by atoms with Gasteiger partial charge in [0.25, 0.3) is 5.69 Å². The third kappa shape index (κ3) is 4.42. The molecule has 0 bridgehead atoms. The van der Waals surface area contributed by atoms with Crippen molar-refractivity contribution in [1.82, 2.24) is 0 Å². The fourth-order valence-corrected chi connectivity index (χ4v) is 1.65. The number of nitro groups is 1. The molecule has 7 nitrogen and oxygen atoms in total. The molecule has 1 aromatic carbocycles. The van der Waals surface area contributed by atoms with Crippen molar-refractivity contribution in [3.63, 3.8) is 0 Å². The molecule has 0 saturated heterocycles. The van der Waals surface area contributed by atoms with Gasteiger partial charge in [0, 0.05) is 11.5 Å². The molecule has 0 aliphatic heterocycles. The van der Waals surface area contributed by atoms with Crippen LogP contribution in [0.2, 0.25) is 0 Å². The zero-order chi connectivity index (χ0) is 15.2. The van der Waals surface area contributed by atoms with Crippen molar-refractivity contribution in [3.05, 3.63) is 34.4 Å². The van der Waals surface area contributed by atoms with E-state index in [1.807, 2.05) is 13.8 Å². The molecule has 0 fully saturated rings. The minimum atomic E-state index is -0.464. The molecule has 0 amide bonds. The predicted molar refractivity (Wildman–Crippen MR) is 75.0 cm³/mol. The Balaban J connectivity index is 2.46. The molecule has 1 rings (SSSR count). The van der Waals surface area contributed by atoms with E-state index < -0.39 is 10.3 Å². The number of nitrogens with zero attached hydrogens (tertiary/aromatic N) is 2. The quantitative estimate of drug-likeness (QED) is 0.199. The van der Waals surface area contributed by atoms with Crippen LogP contribution in [0.15, 0.2) is 29.4 Å². The van der Waals surface area contributed by atoms with E-state index in [2.05, 4.69) is 5.16 Å². The number of nitrogens with two attached hydrogens (primary N) is 1. The molecule has 0 atom stereocenters. The van der Waals surface area contributed by atoms with Crippen molar-refractivity contribution in [2.75, 3.05) is 6.61 Å². The van der Waals surface area contributed by atoms with E-state index in [0.29, 0.717) is 25.2 Å². The Kier molecular flexibility index (Phi) is 5.31. The van der Waals surface area contributed by atoms with Gasteiger partial charge in [-0.15, -0.1) is 0 Å². The van der Waals surface area contributed by atoms with Crippen molar-refractivity contribution in [1.29, 1.82) is 0 Å². The molecule has 0 heterocycles. The summed E-state index contributed by atoms with van der Waals surface area (Å²) in [5, 5.41) is 22.3. The Hall–Kier alpha value is -2.31. The molecule has 7 heteroatoms. The Morgan fingerprint density at radius 1 is 1.55 bits per heavy atom. The Bertz CT molecular complexity index is 500. The Morgan fingerprint density at radius 2 is 2.25 bits per heavy atom. The second-order valence-electron chi connectivity index (χ2n) is 5.08. The summed E-state index contributed by atoms with van der Waals surface area (Å²) in [7, 11) is 0. The first kappa shape index (κ1) is 15.7. The highest BCUT2D eigenvalue weighted by molar-refractivity contribution is 5.85. The van der Waals surface area contributed by atoms with Gasteiger partial charge in [0.2, 0.25) is 0 Å². The normalized spacial score (nSPS) is 12.2. The minimum absolute atomic E-state index is 0.000474. The van der Waals surface area contributed by atoms with Crippen LogP contribution in [0.3, 0.4) is 0 Å². The van der Waals surface area contributed by atoms with Crippen LogP contribution in [0.1, 0.15) is 26.7 Å². The van der Waals surface area contributed by atoms with Gasteiger partial charge in [0.1, 0.15) is 11.6 Å². The number of benzene rings is 1. The van der Waals surface area contributed by atoms with Crippen LogP contribution in [0.5, 0.6) is 5.75 Å². The molecule has 0 unspecified atom stereocenters. The van der Waals surface area contributed by atoms with E-state index in [1.165, 1.54) is 12.1 Å². The number of oxime groups is 1. The summed E-state index contributed by atoms with van der Waals surface area (Å²) in [5.74, 6) is 0.633. The second kappa shape index (κ2) is 6.74. The van der Waals surface area contributed by atoms with Gasteiger partial charge in [0.05, 0.1) is 17.6 Å². The van der Waals surface area contributed by atoms with E-state index in [9.17, 15) is 10.1 Å². The third-order valence-corrected chi connectivity index (χ3v) is 3.04. The number of nitro benzene ring substituents is 1. The van der Waals surface area contributed by atoms with Crippen molar-refractivity contribution in [3.8, 4) is 5.75 Å². The largest absolute Gasteiger partial charge is 0.493 e. The van der Waals surface area contributed by atoms with Crippen molar-refractivity contribution in [2.45, 2.75) is 26.7 Å². The Morgan fingerprint density at radius 3 is 2.85 bits per heavy atom. The van der Waals surface area contributed by atoms with Gasteiger partial charge in [-0.1, -0.05) is 25.1 Å². The molecule has 0 aliphatic rings. The number of hydrogen-bond acceptors (Lipinski definition) is 5. The number of hydrogen-bond donors (Lipinski definition) is 2. The molecule has 1 aromatic rings. The number of ether oxygens (including phenoxy) is 1. The average Bonchev–Trinajstić information content (AvgIpc) is 2.43. The standard InChI is InChI=1S/C13H19N3O4/c1-13(2,12(14)15-17)7-4-8-20-11-6-3-5-10(9-11)16(18)19/h3,5-6,9,17H,4,7-8H2,1-2H3,(H2,14,15). The lowest BCUT2D eigenvalue weighted by Gasteiger charge is -2.22. The van der Waals surface area contributed by atoms with Crippen LogP contribution < -0.4 is 10.5 Å². The summed E-state index contributed by atoms with van der Waals surface area (Å²) in [6.45, 7) is 4.15. The summed E-state index contributed by atoms with van der Waals surface area (Å²) in [4.78, 5) is 10.2. The summed E-state index contributed by atoms with van der Waals surface area (Å²) >= 11 is 0. The molecule has 20 heavy (non-hydrogen) atoms. The van der Waals surface area contributed by atoms with Crippen molar-refractivity contribution < 1.29 is 14.9 Å².